The van der Waals surface area contributed by atoms with Gasteiger partial charge in [-0.3, -0.25) is 9.78 Å². The molecule has 1 heterocycles. The third-order valence-corrected chi connectivity index (χ3v) is 13.1. The zero-order valence-corrected chi connectivity index (χ0v) is 20.7. The Morgan fingerprint density at radius 3 is 2.28 bits per heavy atom. The fourth-order valence-electron chi connectivity index (χ4n) is 5.53. The molecule has 0 amide bonds. The van der Waals surface area contributed by atoms with Gasteiger partial charge in [0, 0.05) is 17.3 Å². The highest BCUT2D eigenvalue weighted by Crippen LogP contribution is 2.48. The number of carbonyl (C=O) groups is 1. The van der Waals surface area contributed by atoms with Crippen molar-refractivity contribution in [2.24, 2.45) is 0 Å². The number of carbonyl (C=O) groups excluding carboxylic acids is 1. The molecule has 1 unspecified atom stereocenters. The molecule has 0 spiro atoms. The summed E-state index contributed by atoms with van der Waals surface area (Å²) in [6, 6.07) is 6.73. The van der Waals surface area contributed by atoms with Gasteiger partial charge in [0.2, 0.25) is 14.1 Å². The molecule has 32 heavy (non-hydrogen) atoms. The molecule has 2 aromatic rings. The highest BCUT2D eigenvalue weighted by molar-refractivity contribution is 6.77. The lowest BCUT2D eigenvalue weighted by Crippen LogP contribution is -2.48. The Balaban J connectivity index is 2.14. The molecule has 174 valence electrons. The van der Waals surface area contributed by atoms with E-state index in [4.69, 9.17) is 4.43 Å². The van der Waals surface area contributed by atoms with Gasteiger partial charge >= 0.3 is 0 Å². The van der Waals surface area contributed by atoms with E-state index in [-0.39, 0.29) is 24.0 Å². The second kappa shape index (κ2) is 9.12. The van der Waals surface area contributed by atoms with E-state index in [1.165, 1.54) is 12.1 Å². The fourth-order valence-corrected chi connectivity index (χ4v) is 11.1. The maximum Gasteiger partial charge on any atom is 0.201 e. The van der Waals surface area contributed by atoms with Crippen LogP contribution < -0.4 is 0 Å². The second-order valence-electron chi connectivity index (χ2n) is 9.69. The van der Waals surface area contributed by atoms with E-state index in [1.807, 2.05) is 0 Å². The van der Waals surface area contributed by atoms with Crippen LogP contribution in [0.4, 0.5) is 8.78 Å². The zero-order valence-electron chi connectivity index (χ0n) is 19.7. The van der Waals surface area contributed by atoms with Crippen molar-refractivity contribution in [2.75, 3.05) is 0 Å². The van der Waals surface area contributed by atoms with Gasteiger partial charge in [-0.25, -0.2) is 8.78 Å². The number of benzene rings is 1. The number of hydrogen-bond acceptors (Lipinski definition) is 4. The first-order chi connectivity index (χ1) is 15.0. The molecular formula is C25H33F2NO3Si. The lowest BCUT2D eigenvalue weighted by molar-refractivity contribution is 0.0180. The number of pyridine rings is 1. The number of nitrogens with zero attached hydrogens (tertiary/aromatic N) is 1. The highest BCUT2D eigenvalue weighted by atomic mass is 28.4. The summed E-state index contributed by atoms with van der Waals surface area (Å²) in [6.07, 6.45) is 1.26. The molecule has 3 rings (SSSR count). The standard InChI is InChI=1S/C25H33F2NO3Si/c1-15(2)32(16(3)4,17(5)6)31-21-12-13-25(30,19-10-7-11-20(26)22(19)27)24(29)18-9-8-14-28-23(18)21/h7-11,14-17,21,30H,12-13H2,1-6H3/t21-,25?/m1/s1. The van der Waals surface area contributed by atoms with Crippen LogP contribution in [-0.4, -0.2) is 24.2 Å². The summed E-state index contributed by atoms with van der Waals surface area (Å²) in [7, 11) is -2.34. The van der Waals surface area contributed by atoms with Gasteiger partial charge in [0.05, 0.1) is 11.8 Å². The topological polar surface area (TPSA) is 59.4 Å². The van der Waals surface area contributed by atoms with Crippen molar-refractivity contribution in [2.45, 2.75) is 82.7 Å². The molecule has 1 aliphatic rings. The average Bonchev–Trinajstić information content (AvgIpc) is 2.84. The first-order valence-electron chi connectivity index (χ1n) is 11.3. The van der Waals surface area contributed by atoms with Gasteiger partial charge in [0.1, 0.15) is 0 Å². The molecule has 0 radical (unpaired) electrons. The van der Waals surface area contributed by atoms with Crippen molar-refractivity contribution in [1.29, 1.82) is 0 Å². The van der Waals surface area contributed by atoms with E-state index >= 15 is 0 Å². The minimum Gasteiger partial charge on any atom is -0.408 e. The Kier molecular flexibility index (Phi) is 7.03. The monoisotopic (exact) mass is 461 g/mol. The fraction of sp³-hybridized carbons (Fsp3) is 0.520. The third-order valence-electron chi connectivity index (χ3n) is 6.98. The molecule has 1 aromatic carbocycles. The van der Waals surface area contributed by atoms with Crippen LogP contribution in [0.3, 0.4) is 0 Å². The lowest BCUT2D eigenvalue weighted by Gasteiger charge is -2.44. The normalized spacial score (nSPS) is 21.9. The van der Waals surface area contributed by atoms with Gasteiger partial charge in [-0.2, -0.15) is 0 Å². The summed E-state index contributed by atoms with van der Waals surface area (Å²) in [5.74, 6) is -2.98. The first-order valence-corrected chi connectivity index (χ1v) is 13.4. The quantitative estimate of drug-likeness (QED) is 0.396. The van der Waals surface area contributed by atoms with Gasteiger partial charge < -0.3 is 9.53 Å². The number of hydrogen-bond donors (Lipinski definition) is 1. The minimum absolute atomic E-state index is 0.0913. The number of aromatic nitrogens is 1. The van der Waals surface area contributed by atoms with Gasteiger partial charge in [0.25, 0.3) is 0 Å². The van der Waals surface area contributed by atoms with Crippen LogP contribution in [0.5, 0.6) is 0 Å². The molecule has 0 fully saturated rings. The Morgan fingerprint density at radius 2 is 1.69 bits per heavy atom. The van der Waals surface area contributed by atoms with E-state index in [9.17, 15) is 18.7 Å². The third kappa shape index (κ3) is 3.95. The van der Waals surface area contributed by atoms with Crippen molar-refractivity contribution in [1.82, 2.24) is 4.98 Å². The van der Waals surface area contributed by atoms with Crippen LogP contribution in [0.15, 0.2) is 36.5 Å². The summed E-state index contributed by atoms with van der Waals surface area (Å²) in [5.41, 5.74) is -0.948. The molecule has 1 aromatic heterocycles. The summed E-state index contributed by atoms with van der Waals surface area (Å²) < 4.78 is 35.6. The summed E-state index contributed by atoms with van der Waals surface area (Å²) in [4.78, 5) is 18.0. The highest BCUT2D eigenvalue weighted by Gasteiger charge is 2.50. The maximum atomic E-state index is 14.7. The molecule has 0 bridgehead atoms. The van der Waals surface area contributed by atoms with Gasteiger partial charge in [-0.15, -0.1) is 0 Å². The molecule has 0 aliphatic heterocycles. The minimum atomic E-state index is -2.34. The van der Waals surface area contributed by atoms with Gasteiger partial charge in [-0.1, -0.05) is 53.7 Å². The predicted octanol–water partition coefficient (Wildman–Crippen LogP) is 6.46. The number of rotatable bonds is 6. The van der Waals surface area contributed by atoms with Crippen LogP contribution >= 0.6 is 0 Å². The van der Waals surface area contributed by atoms with Crippen molar-refractivity contribution in [3.8, 4) is 0 Å². The smallest absolute Gasteiger partial charge is 0.201 e. The largest absolute Gasteiger partial charge is 0.408 e. The van der Waals surface area contributed by atoms with Crippen molar-refractivity contribution in [3.63, 3.8) is 0 Å². The van der Waals surface area contributed by atoms with Crippen LogP contribution in [-0.2, 0) is 10.0 Å². The molecule has 7 heteroatoms. The maximum absolute atomic E-state index is 14.7. The van der Waals surface area contributed by atoms with Crippen molar-refractivity contribution < 1.29 is 23.1 Å². The summed E-state index contributed by atoms with van der Waals surface area (Å²) in [5, 5.41) is 11.5. The van der Waals surface area contributed by atoms with Crippen LogP contribution in [0, 0.1) is 11.6 Å². The molecule has 0 saturated heterocycles. The van der Waals surface area contributed by atoms with E-state index in [0.717, 1.165) is 6.07 Å². The Hall–Kier alpha value is -1.96. The summed E-state index contributed by atoms with van der Waals surface area (Å²) in [6.45, 7) is 13.0. The van der Waals surface area contributed by atoms with Gasteiger partial charge in [-0.05, 0) is 47.7 Å². The average molecular weight is 462 g/mol. The Labute approximate surface area is 190 Å². The molecule has 4 nitrogen and oxygen atoms in total. The Morgan fingerprint density at radius 1 is 1.06 bits per heavy atom. The van der Waals surface area contributed by atoms with E-state index < -0.39 is 37.4 Å². The number of halogens is 2. The molecule has 0 saturated carbocycles. The van der Waals surface area contributed by atoms with E-state index in [0.29, 0.717) is 22.3 Å². The first kappa shape index (κ1) is 24.7. The Bertz CT molecular complexity index is 973. The SMILES string of the molecule is CC(C)[Si](O[C@@H]1CCC(O)(c2cccc(F)c2F)C(=O)c2cccnc21)(C(C)C)C(C)C. The molecule has 1 N–H and O–H groups in total. The summed E-state index contributed by atoms with van der Waals surface area (Å²) >= 11 is 0. The van der Waals surface area contributed by atoms with Gasteiger partial charge in [0.15, 0.2) is 17.2 Å². The second-order valence-corrected chi connectivity index (χ2v) is 15.1. The number of fused-ring (bicyclic) bond motifs is 1. The lowest BCUT2D eigenvalue weighted by atomic mass is 9.83. The zero-order chi connectivity index (χ0) is 23.8. The molecule has 2 atom stereocenters. The van der Waals surface area contributed by atoms with Crippen molar-refractivity contribution >= 4 is 14.1 Å². The van der Waals surface area contributed by atoms with Crippen molar-refractivity contribution in [3.05, 3.63) is 65.0 Å². The van der Waals surface area contributed by atoms with Crippen LogP contribution in [0.2, 0.25) is 16.6 Å². The number of Topliss-reactive ketones (excluding diaryl/α,β-unsaturated/α-hetero) is 1. The molecule has 1 aliphatic carbocycles. The van der Waals surface area contributed by atoms with Crippen LogP contribution in [0.25, 0.3) is 0 Å². The predicted molar refractivity (Wildman–Crippen MR) is 123 cm³/mol. The number of aliphatic hydroxyl groups is 1. The van der Waals surface area contributed by atoms with E-state index in [1.54, 1.807) is 18.3 Å². The molecular weight excluding hydrogens is 428 g/mol. The number of ketones is 1. The van der Waals surface area contributed by atoms with Crippen LogP contribution in [0.1, 0.15) is 82.1 Å². The van der Waals surface area contributed by atoms with E-state index in [2.05, 4.69) is 46.5 Å².